The monoisotopic (exact) mass is 256 g/mol. The van der Waals surface area contributed by atoms with Gasteiger partial charge in [0.1, 0.15) is 0 Å². The van der Waals surface area contributed by atoms with E-state index in [0.717, 1.165) is 32.2 Å². The average molecular weight is 256 g/mol. The molecule has 0 bridgehead atoms. The first-order valence-corrected chi connectivity index (χ1v) is 7.28. The van der Waals surface area contributed by atoms with E-state index in [2.05, 4.69) is 26.1 Å². The highest BCUT2D eigenvalue weighted by Crippen LogP contribution is 2.19. The maximum atomic E-state index is 12.5. The van der Waals surface area contributed by atoms with Crippen molar-refractivity contribution < 1.29 is 9.90 Å². The van der Waals surface area contributed by atoms with Crippen LogP contribution in [0.25, 0.3) is 0 Å². The molecule has 1 aliphatic rings. The molecule has 1 amide bonds. The summed E-state index contributed by atoms with van der Waals surface area (Å²) in [6.45, 7) is 7.67. The summed E-state index contributed by atoms with van der Waals surface area (Å²) in [6.07, 6.45) is 3.94. The number of hydrogen-bond acceptors (Lipinski definition) is 3. The van der Waals surface area contributed by atoms with Gasteiger partial charge in [0.15, 0.2) is 0 Å². The van der Waals surface area contributed by atoms with Gasteiger partial charge in [-0.1, -0.05) is 13.8 Å². The Balaban J connectivity index is 2.63. The molecule has 1 heterocycles. The molecular formula is C14H28N2O2. The van der Waals surface area contributed by atoms with Crippen molar-refractivity contribution in [1.29, 1.82) is 0 Å². The maximum absolute atomic E-state index is 12.5. The van der Waals surface area contributed by atoms with Crippen LogP contribution in [0.3, 0.4) is 0 Å². The van der Waals surface area contributed by atoms with Gasteiger partial charge in [-0.3, -0.25) is 4.79 Å². The van der Waals surface area contributed by atoms with Gasteiger partial charge in [0.05, 0.1) is 12.5 Å². The van der Waals surface area contributed by atoms with Crippen LogP contribution in [0.4, 0.5) is 0 Å². The Morgan fingerprint density at radius 3 is 2.50 bits per heavy atom. The van der Waals surface area contributed by atoms with Crippen LogP contribution in [0.1, 0.15) is 46.5 Å². The zero-order valence-electron chi connectivity index (χ0n) is 12.0. The van der Waals surface area contributed by atoms with Crippen molar-refractivity contribution in [3.05, 3.63) is 0 Å². The van der Waals surface area contributed by atoms with Crippen molar-refractivity contribution in [1.82, 2.24) is 10.2 Å². The van der Waals surface area contributed by atoms with Crippen LogP contribution in [-0.2, 0) is 4.79 Å². The average Bonchev–Trinajstić information content (AvgIpc) is 2.39. The highest BCUT2D eigenvalue weighted by molar-refractivity contribution is 5.79. The zero-order chi connectivity index (χ0) is 13.5. The van der Waals surface area contributed by atoms with E-state index in [0.29, 0.717) is 12.6 Å². The van der Waals surface area contributed by atoms with Gasteiger partial charge in [-0.25, -0.2) is 0 Å². The lowest BCUT2D eigenvalue weighted by atomic mass is 9.93. The predicted molar refractivity (Wildman–Crippen MR) is 73.4 cm³/mol. The zero-order valence-corrected chi connectivity index (χ0v) is 12.0. The molecule has 2 N–H and O–H groups in total. The first-order chi connectivity index (χ1) is 8.63. The van der Waals surface area contributed by atoms with Gasteiger partial charge in [-0.2, -0.15) is 0 Å². The minimum atomic E-state index is 0.0544. The summed E-state index contributed by atoms with van der Waals surface area (Å²) in [5.74, 6) is 0.311. The number of nitrogens with one attached hydrogen (secondary N) is 1. The molecule has 1 aliphatic heterocycles. The van der Waals surface area contributed by atoms with Crippen LogP contribution in [0.5, 0.6) is 0 Å². The van der Waals surface area contributed by atoms with Crippen molar-refractivity contribution in [3.63, 3.8) is 0 Å². The Morgan fingerprint density at radius 1 is 1.39 bits per heavy atom. The molecule has 0 aliphatic carbocycles. The standard InChI is InChI=1S/C14H28N2O2/c1-4-13(5-2)16(8-9-17)14(18)12-7-6-11(3)15-10-12/h11-13,15,17H,4-10H2,1-3H3. The van der Waals surface area contributed by atoms with Gasteiger partial charge in [0.2, 0.25) is 5.91 Å². The van der Waals surface area contributed by atoms with Crippen LogP contribution in [-0.4, -0.2) is 47.7 Å². The van der Waals surface area contributed by atoms with Crippen LogP contribution in [0.15, 0.2) is 0 Å². The Hall–Kier alpha value is -0.610. The molecule has 1 fully saturated rings. The number of aliphatic hydroxyl groups excluding tert-OH is 1. The number of hydrogen-bond donors (Lipinski definition) is 2. The van der Waals surface area contributed by atoms with E-state index in [1.807, 2.05) is 4.90 Å². The van der Waals surface area contributed by atoms with Crippen molar-refractivity contribution >= 4 is 5.91 Å². The van der Waals surface area contributed by atoms with Gasteiger partial charge in [-0.15, -0.1) is 0 Å². The number of carbonyl (C=O) groups excluding carboxylic acids is 1. The topological polar surface area (TPSA) is 52.6 Å². The smallest absolute Gasteiger partial charge is 0.227 e. The summed E-state index contributed by atoms with van der Waals surface area (Å²) in [5, 5.41) is 12.5. The number of piperidine rings is 1. The summed E-state index contributed by atoms with van der Waals surface area (Å²) >= 11 is 0. The molecule has 18 heavy (non-hydrogen) atoms. The van der Waals surface area contributed by atoms with Gasteiger partial charge >= 0.3 is 0 Å². The molecule has 0 spiro atoms. The molecule has 4 heteroatoms. The third-order valence-corrected chi connectivity index (χ3v) is 4.02. The SMILES string of the molecule is CCC(CC)N(CCO)C(=O)C1CCC(C)NC1. The molecule has 1 rings (SSSR count). The predicted octanol–water partition coefficient (Wildman–Crippen LogP) is 1.38. The molecule has 0 aromatic heterocycles. The second-order valence-corrected chi connectivity index (χ2v) is 5.31. The van der Waals surface area contributed by atoms with Crippen molar-refractivity contribution in [2.75, 3.05) is 19.7 Å². The number of rotatable bonds is 6. The van der Waals surface area contributed by atoms with Gasteiger partial charge in [-0.05, 0) is 32.6 Å². The highest BCUT2D eigenvalue weighted by atomic mass is 16.3. The minimum Gasteiger partial charge on any atom is -0.395 e. The quantitative estimate of drug-likeness (QED) is 0.755. The Kier molecular flexibility index (Phi) is 6.65. The molecule has 106 valence electrons. The van der Waals surface area contributed by atoms with Gasteiger partial charge < -0.3 is 15.3 Å². The fourth-order valence-corrected chi connectivity index (χ4v) is 2.75. The summed E-state index contributed by atoms with van der Waals surface area (Å²) in [5.41, 5.74) is 0. The largest absolute Gasteiger partial charge is 0.395 e. The van der Waals surface area contributed by atoms with E-state index >= 15 is 0 Å². The second-order valence-electron chi connectivity index (χ2n) is 5.31. The molecule has 4 nitrogen and oxygen atoms in total. The summed E-state index contributed by atoms with van der Waals surface area (Å²) in [4.78, 5) is 14.4. The third kappa shape index (κ3) is 3.95. The van der Waals surface area contributed by atoms with Gasteiger partial charge in [0, 0.05) is 25.2 Å². The summed E-state index contributed by atoms with van der Waals surface area (Å²) in [7, 11) is 0. The third-order valence-electron chi connectivity index (χ3n) is 4.02. The number of carbonyl (C=O) groups is 1. The highest BCUT2D eigenvalue weighted by Gasteiger charge is 2.30. The van der Waals surface area contributed by atoms with E-state index < -0.39 is 0 Å². The molecule has 0 aromatic rings. The first kappa shape index (κ1) is 15.4. The fraction of sp³-hybridized carbons (Fsp3) is 0.929. The first-order valence-electron chi connectivity index (χ1n) is 7.28. The molecule has 2 unspecified atom stereocenters. The Morgan fingerprint density at radius 2 is 2.06 bits per heavy atom. The van der Waals surface area contributed by atoms with Crippen LogP contribution < -0.4 is 5.32 Å². The Labute approximate surface area is 111 Å². The lowest BCUT2D eigenvalue weighted by molar-refractivity contribution is -0.139. The maximum Gasteiger partial charge on any atom is 0.227 e. The van der Waals surface area contributed by atoms with Gasteiger partial charge in [0.25, 0.3) is 0 Å². The van der Waals surface area contributed by atoms with E-state index in [9.17, 15) is 4.79 Å². The Bertz CT molecular complexity index is 246. The van der Waals surface area contributed by atoms with E-state index in [1.54, 1.807) is 0 Å². The van der Waals surface area contributed by atoms with Crippen molar-refractivity contribution in [3.8, 4) is 0 Å². The summed E-state index contributed by atoms with van der Waals surface area (Å²) < 4.78 is 0. The second kappa shape index (κ2) is 7.74. The fourth-order valence-electron chi connectivity index (χ4n) is 2.75. The van der Waals surface area contributed by atoms with E-state index in [-0.39, 0.29) is 24.5 Å². The normalized spacial score (nSPS) is 24.3. The van der Waals surface area contributed by atoms with Crippen LogP contribution in [0, 0.1) is 5.92 Å². The number of aliphatic hydroxyl groups is 1. The minimum absolute atomic E-state index is 0.0544. The number of nitrogens with zero attached hydrogens (tertiary/aromatic N) is 1. The van der Waals surface area contributed by atoms with Crippen LogP contribution in [0.2, 0.25) is 0 Å². The van der Waals surface area contributed by atoms with Crippen molar-refractivity contribution in [2.45, 2.75) is 58.5 Å². The van der Waals surface area contributed by atoms with Crippen LogP contribution >= 0.6 is 0 Å². The number of amides is 1. The molecule has 0 saturated carbocycles. The van der Waals surface area contributed by atoms with E-state index in [1.165, 1.54) is 0 Å². The molecule has 0 aromatic carbocycles. The molecule has 2 atom stereocenters. The van der Waals surface area contributed by atoms with Crippen molar-refractivity contribution in [2.24, 2.45) is 5.92 Å². The summed E-state index contributed by atoms with van der Waals surface area (Å²) in [6, 6.07) is 0.789. The lowest BCUT2D eigenvalue weighted by Gasteiger charge is -2.35. The van der Waals surface area contributed by atoms with E-state index in [4.69, 9.17) is 5.11 Å². The molecule has 1 saturated heterocycles. The molecular weight excluding hydrogens is 228 g/mol. The molecule has 0 radical (unpaired) electrons. The lowest BCUT2D eigenvalue weighted by Crippen LogP contribution is -2.49.